The zero-order valence-electron chi connectivity index (χ0n) is 15.0. The van der Waals surface area contributed by atoms with Crippen LogP contribution in [0.3, 0.4) is 0 Å². The van der Waals surface area contributed by atoms with Gasteiger partial charge in [-0.25, -0.2) is 4.79 Å². The number of aryl methyl sites for hydroxylation is 1. The monoisotopic (exact) mass is 344 g/mol. The van der Waals surface area contributed by atoms with Crippen LogP contribution in [0.15, 0.2) is 24.3 Å². The maximum atomic E-state index is 12.5. The maximum Gasteiger partial charge on any atom is 0.320 e. The van der Waals surface area contributed by atoms with Gasteiger partial charge in [0.15, 0.2) is 0 Å². The number of rotatable bonds is 7. The van der Waals surface area contributed by atoms with Gasteiger partial charge in [0.05, 0.1) is 0 Å². The minimum atomic E-state index is -0.0651. The topological polar surface area (TPSA) is 55.9 Å². The molecular weight excluding hydrogens is 316 g/mol. The lowest BCUT2D eigenvalue weighted by molar-refractivity contribution is -0.121. The van der Waals surface area contributed by atoms with Crippen LogP contribution in [0, 0.1) is 6.92 Å². The van der Waals surface area contributed by atoms with Gasteiger partial charge in [-0.15, -0.1) is 0 Å². The van der Waals surface area contributed by atoms with Crippen LogP contribution in [0.5, 0.6) is 0 Å². The summed E-state index contributed by atoms with van der Waals surface area (Å²) >= 11 is 0. The number of hydrogen-bond acceptors (Lipinski definition) is 3. The molecule has 2 fully saturated rings. The number of hydrogen-bond donors (Lipinski definition) is 1. The Morgan fingerprint density at radius 1 is 1.04 bits per heavy atom. The van der Waals surface area contributed by atoms with E-state index >= 15 is 0 Å². The fourth-order valence-corrected chi connectivity index (χ4v) is 3.43. The molecule has 1 aromatic rings. The van der Waals surface area contributed by atoms with Crippen molar-refractivity contribution in [2.24, 2.45) is 0 Å². The van der Waals surface area contributed by atoms with E-state index < -0.39 is 0 Å². The Bertz CT molecular complexity index is 596. The van der Waals surface area contributed by atoms with Gasteiger partial charge in [-0.1, -0.05) is 29.8 Å². The molecule has 2 heterocycles. The van der Waals surface area contributed by atoms with Crippen LogP contribution in [-0.4, -0.2) is 72.5 Å². The Kier molecular flexibility index (Phi) is 5.91. The number of carbonyl (C=O) groups excluding carboxylic acids is 2. The Morgan fingerprint density at radius 3 is 2.44 bits per heavy atom. The molecule has 25 heavy (non-hydrogen) atoms. The van der Waals surface area contributed by atoms with E-state index in [1.54, 1.807) is 4.90 Å². The van der Waals surface area contributed by atoms with E-state index in [9.17, 15) is 9.59 Å². The van der Waals surface area contributed by atoms with Crippen LogP contribution in [0.1, 0.15) is 24.0 Å². The summed E-state index contributed by atoms with van der Waals surface area (Å²) in [7, 11) is 0. The first-order chi connectivity index (χ1) is 12.1. The largest absolute Gasteiger partial charge is 0.353 e. The molecule has 136 valence electrons. The predicted octanol–water partition coefficient (Wildman–Crippen LogP) is 1.44. The summed E-state index contributed by atoms with van der Waals surface area (Å²) in [4.78, 5) is 30.3. The second kappa shape index (κ2) is 8.34. The van der Waals surface area contributed by atoms with E-state index in [1.165, 1.54) is 18.4 Å². The Labute approximate surface area is 149 Å². The summed E-state index contributed by atoms with van der Waals surface area (Å²) in [6, 6.07) is 8.17. The van der Waals surface area contributed by atoms with Gasteiger partial charge in [0.25, 0.3) is 0 Å². The minimum absolute atomic E-state index is 0.0460. The number of amides is 3. The van der Waals surface area contributed by atoms with Crippen molar-refractivity contribution < 1.29 is 9.59 Å². The van der Waals surface area contributed by atoms with Crippen LogP contribution in [0.25, 0.3) is 0 Å². The van der Waals surface area contributed by atoms with Gasteiger partial charge in [0.1, 0.15) is 6.54 Å². The molecule has 6 nitrogen and oxygen atoms in total. The van der Waals surface area contributed by atoms with Crippen LogP contribution < -0.4 is 5.32 Å². The third kappa shape index (κ3) is 4.95. The highest BCUT2D eigenvalue weighted by molar-refractivity contribution is 5.85. The molecule has 3 amide bonds. The molecule has 0 aliphatic carbocycles. The smallest absolute Gasteiger partial charge is 0.320 e. The molecule has 3 rings (SSSR count). The van der Waals surface area contributed by atoms with Gasteiger partial charge >= 0.3 is 6.03 Å². The van der Waals surface area contributed by atoms with Gasteiger partial charge in [-0.05, 0) is 38.4 Å². The van der Waals surface area contributed by atoms with Crippen LogP contribution in [0.4, 0.5) is 4.79 Å². The standard InChI is InChI=1S/C19H28N4O2/c1-16-4-6-17(7-5-16)14-22-12-13-23(19(22)25)15-18(24)20-8-11-21-9-2-3-10-21/h4-7H,2-3,8-15H2,1H3,(H,20,24). The average molecular weight is 344 g/mol. The molecule has 2 aliphatic heterocycles. The molecule has 0 radical (unpaired) electrons. The Morgan fingerprint density at radius 2 is 1.72 bits per heavy atom. The van der Waals surface area contributed by atoms with Crippen molar-refractivity contribution in [2.45, 2.75) is 26.3 Å². The fraction of sp³-hybridized carbons (Fsp3) is 0.579. The van der Waals surface area contributed by atoms with Crippen LogP contribution in [-0.2, 0) is 11.3 Å². The van der Waals surface area contributed by atoms with Crippen molar-refractivity contribution in [3.63, 3.8) is 0 Å². The fourth-order valence-electron chi connectivity index (χ4n) is 3.43. The number of carbonyl (C=O) groups is 2. The van der Waals surface area contributed by atoms with Gasteiger partial charge in [-0.2, -0.15) is 0 Å². The van der Waals surface area contributed by atoms with Gasteiger partial charge < -0.3 is 20.0 Å². The van der Waals surface area contributed by atoms with Crippen LogP contribution in [0.2, 0.25) is 0 Å². The van der Waals surface area contributed by atoms with Crippen molar-refractivity contribution in [1.82, 2.24) is 20.0 Å². The SMILES string of the molecule is Cc1ccc(CN2CCN(CC(=O)NCCN3CCCC3)C2=O)cc1. The lowest BCUT2D eigenvalue weighted by atomic mass is 10.1. The van der Waals surface area contributed by atoms with Gasteiger partial charge in [-0.3, -0.25) is 4.79 Å². The van der Waals surface area contributed by atoms with Crippen molar-refractivity contribution in [3.8, 4) is 0 Å². The minimum Gasteiger partial charge on any atom is -0.353 e. The lowest BCUT2D eigenvalue weighted by Gasteiger charge is -2.19. The molecule has 0 unspecified atom stereocenters. The first-order valence-corrected chi connectivity index (χ1v) is 9.20. The highest BCUT2D eigenvalue weighted by atomic mass is 16.2. The number of likely N-dealkylation sites (tertiary alicyclic amines) is 1. The van der Waals surface area contributed by atoms with Crippen LogP contribution >= 0.6 is 0 Å². The normalized spacial score (nSPS) is 18.2. The van der Waals surface area contributed by atoms with E-state index in [4.69, 9.17) is 0 Å². The molecule has 0 aromatic heterocycles. The molecule has 1 aromatic carbocycles. The summed E-state index contributed by atoms with van der Waals surface area (Å²) in [5.74, 6) is -0.0651. The zero-order chi connectivity index (χ0) is 17.6. The van der Waals surface area contributed by atoms with Crippen molar-refractivity contribution in [1.29, 1.82) is 0 Å². The number of nitrogens with one attached hydrogen (secondary N) is 1. The highest BCUT2D eigenvalue weighted by Gasteiger charge is 2.29. The highest BCUT2D eigenvalue weighted by Crippen LogP contribution is 2.13. The molecule has 0 spiro atoms. The second-order valence-electron chi connectivity index (χ2n) is 7.01. The summed E-state index contributed by atoms with van der Waals surface area (Å²) in [5, 5.41) is 2.93. The number of nitrogens with zero attached hydrogens (tertiary/aromatic N) is 3. The maximum absolute atomic E-state index is 12.5. The third-order valence-corrected chi connectivity index (χ3v) is 4.96. The van der Waals surface area contributed by atoms with Crippen molar-refractivity contribution >= 4 is 11.9 Å². The van der Waals surface area contributed by atoms with E-state index in [1.807, 2.05) is 4.90 Å². The van der Waals surface area contributed by atoms with E-state index in [-0.39, 0.29) is 18.5 Å². The third-order valence-electron chi connectivity index (χ3n) is 4.96. The number of benzene rings is 1. The van der Waals surface area contributed by atoms with Gasteiger partial charge in [0, 0.05) is 32.7 Å². The van der Waals surface area contributed by atoms with Crippen molar-refractivity contribution in [3.05, 3.63) is 35.4 Å². The molecular formula is C19H28N4O2. The molecule has 6 heteroatoms. The summed E-state index contributed by atoms with van der Waals surface area (Å²) < 4.78 is 0. The van der Waals surface area contributed by atoms with Crippen molar-refractivity contribution in [2.75, 3.05) is 45.8 Å². The summed E-state index contributed by atoms with van der Waals surface area (Å²) in [6.45, 7) is 7.93. The molecule has 0 bridgehead atoms. The zero-order valence-corrected chi connectivity index (χ0v) is 15.0. The first-order valence-electron chi connectivity index (χ1n) is 9.20. The molecule has 1 N–H and O–H groups in total. The van der Waals surface area contributed by atoms with E-state index in [0.717, 1.165) is 25.2 Å². The Balaban J connectivity index is 1.40. The first kappa shape index (κ1) is 17.7. The van der Waals surface area contributed by atoms with Gasteiger partial charge in [0.2, 0.25) is 5.91 Å². The van der Waals surface area contributed by atoms with E-state index in [0.29, 0.717) is 26.2 Å². The quantitative estimate of drug-likeness (QED) is 0.814. The molecule has 2 aliphatic rings. The number of urea groups is 1. The average Bonchev–Trinajstić information content (AvgIpc) is 3.22. The van der Waals surface area contributed by atoms with E-state index in [2.05, 4.69) is 41.4 Å². The molecule has 0 saturated carbocycles. The second-order valence-corrected chi connectivity index (χ2v) is 7.01. The lowest BCUT2D eigenvalue weighted by Crippen LogP contribution is -2.41. The predicted molar refractivity (Wildman–Crippen MR) is 97.2 cm³/mol. The molecule has 0 atom stereocenters. The summed E-state index contributed by atoms with van der Waals surface area (Å²) in [6.07, 6.45) is 2.51. The summed E-state index contributed by atoms with van der Waals surface area (Å²) in [5.41, 5.74) is 2.33. The molecule has 2 saturated heterocycles. The Hall–Kier alpha value is -2.08.